The molecule has 0 saturated carbocycles. The van der Waals surface area contributed by atoms with Crippen LogP contribution in [0.5, 0.6) is 0 Å². The van der Waals surface area contributed by atoms with Crippen molar-refractivity contribution in [3.8, 4) is 0 Å². The van der Waals surface area contributed by atoms with E-state index < -0.39 is 0 Å². The third-order valence-corrected chi connectivity index (χ3v) is 4.40. The molecule has 134 valence electrons. The Morgan fingerprint density at radius 2 is 1.65 bits per heavy atom. The molecule has 3 aromatic rings. The van der Waals surface area contributed by atoms with Crippen molar-refractivity contribution in [1.29, 1.82) is 0 Å². The van der Waals surface area contributed by atoms with Crippen LogP contribution in [-0.4, -0.2) is 16.5 Å². The van der Waals surface area contributed by atoms with Crippen molar-refractivity contribution in [2.45, 2.75) is 33.6 Å². The summed E-state index contributed by atoms with van der Waals surface area (Å²) in [5.41, 5.74) is 5.89. The number of aromatic nitrogens is 2. The molecule has 26 heavy (non-hydrogen) atoms. The van der Waals surface area contributed by atoms with Gasteiger partial charge >= 0.3 is 0 Å². The van der Waals surface area contributed by atoms with Crippen molar-refractivity contribution in [2.75, 3.05) is 17.2 Å². The normalized spacial score (nSPS) is 10.6. The van der Waals surface area contributed by atoms with E-state index in [9.17, 15) is 0 Å². The second kappa shape index (κ2) is 8.48. The van der Waals surface area contributed by atoms with E-state index in [0.717, 1.165) is 36.6 Å². The van der Waals surface area contributed by atoms with Crippen molar-refractivity contribution in [2.24, 2.45) is 0 Å². The maximum Gasteiger partial charge on any atom is 0.224 e. The van der Waals surface area contributed by atoms with Crippen molar-refractivity contribution >= 4 is 17.5 Å². The first-order chi connectivity index (χ1) is 12.6. The van der Waals surface area contributed by atoms with E-state index in [1.807, 2.05) is 19.1 Å². The lowest BCUT2D eigenvalue weighted by Gasteiger charge is -2.11. The number of benzene rings is 2. The molecule has 0 aliphatic rings. The van der Waals surface area contributed by atoms with Crippen LogP contribution in [0.1, 0.15) is 28.8 Å². The summed E-state index contributed by atoms with van der Waals surface area (Å²) >= 11 is 0. The van der Waals surface area contributed by atoms with E-state index in [0.29, 0.717) is 5.95 Å². The van der Waals surface area contributed by atoms with Crippen molar-refractivity contribution in [3.05, 3.63) is 77.0 Å². The maximum atomic E-state index is 4.59. The zero-order chi connectivity index (χ0) is 18.4. The van der Waals surface area contributed by atoms with Gasteiger partial charge in [0, 0.05) is 24.0 Å². The fourth-order valence-corrected chi connectivity index (χ4v) is 2.82. The predicted molar refractivity (Wildman–Crippen MR) is 109 cm³/mol. The van der Waals surface area contributed by atoms with Crippen LogP contribution >= 0.6 is 0 Å². The first-order valence-corrected chi connectivity index (χ1v) is 9.08. The number of hydrogen-bond acceptors (Lipinski definition) is 4. The number of anilines is 3. The highest BCUT2D eigenvalue weighted by atomic mass is 15.1. The smallest absolute Gasteiger partial charge is 0.224 e. The van der Waals surface area contributed by atoms with Gasteiger partial charge in [-0.15, -0.1) is 0 Å². The molecule has 1 aromatic heterocycles. The topological polar surface area (TPSA) is 49.8 Å². The summed E-state index contributed by atoms with van der Waals surface area (Å²) in [4.78, 5) is 9.08. The minimum absolute atomic E-state index is 0.671. The second-order valence-electron chi connectivity index (χ2n) is 6.66. The summed E-state index contributed by atoms with van der Waals surface area (Å²) in [6.45, 7) is 7.07. The van der Waals surface area contributed by atoms with Gasteiger partial charge in [-0.2, -0.15) is 4.98 Å². The third kappa shape index (κ3) is 5.06. The van der Waals surface area contributed by atoms with Gasteiger partial charge in [-0.05, 0) is 62.4 Å². The summed E-state index contributed by atoms with van der Waals surface area (Å²) in [6, 6.07) is 18.8. The molecule has 2 aromatic carbocycles. The Kier molecular flexibility index (Phi) is 5.84. The van der Waals surface area contributed by atoms with Crippen LogP contribution in [0.4, 0.5) is 17.5 Å². The SMILES string of the molecule is Cc1cc(Nc2ccc(C)c(C)c2)nc(NCCCc2ccccc2)n1. The second-order valence-corrected chi connectivity index (χ2v) is 6.66. The van der Waals surface area contributed by atoms with Crippen LogP contribution in [0, 0.1) is 20.8 Å². The molecule has 0 bridgehead atoms. The van der Waals surface area contributed by atoms with Gasteiger partial charge in [0.1, 0.15) is 5.82 Å². The van der Waals surface area contributed by atoms with Gasteiger partial charge in [-0.25, -0.2) is 4.98 Å². The van der Waals surface area contributed by atoms with Gasteiger partial charge in [0.15, 0.2) is 0 Å². The van der Waals surface area contributed by atoms with Gasteiger partial charge in [0.2, 0.25) is 5.95 Å². The van der Waals surface area contributed by atoms with Crippen molar-refractivity contribution in [1.82, 2.24) is 9.97 Å². The molecule has 4 heteroatoms. The Bertz CT molecular complexity index is 859. The van der Waals surface area contributed by atoms with Crippen molar-refractivity contribution in [3.63, 3.8) is 0 Å². The van der Waals surface area contributed by atoms with Crippen LogP contribution in [-0.2, 0) is 6.42 Å². The predicted octanol–water partition coefficient (Wildman–Crippen LogP) is 5.19. The average molecular weight is 346 g/mol. The minimum atomic E-state index is 0.671. The lowest BCUT2D eigenvalue weighted by Crippen LogP contribution is -2.08. The highest BCUT2D eigenvalue weighted by Gasteiger charge is 2.04. The summed E-state index contributed by atoms with van der Waals surface area (Å²) in [6.07, 6.45) is 2.09. The molecule has 0 aliphatic carbocycles. The maximum absolute atomic E-state index is 4.59. The van der Waals surface area contributed by atoms with Crippen LogP contribution < -0.4 is 10.6 Å². The highest BCUT2D eigenvalue weighted by molar-refractivity contribution is 5.59. The standard InChI is InChI=1S/C22H26N4/c1-16-11-12-20(14-17(16)2)25-21-15-18(3)24-22(26-21)23-13-7-10-19-8-5-4-6-9-19/h4-6,8-9,11-12,14-15H,7,10,13H2,1-3H3,(H2,23,24,25,26). The molecule has 0 radical (unpaired) electrons. The Morgan fingerprint density at radius 3 is 2.42 bits per heavy atom. The molecule has 2 N–H and O–H groups in total. The molecular weight excluding hydrogens is 320 g/mol. The lowest BCUT2D eigenvalue weighted by molar-refractivity contribution is 0.851. The van der Waals surface area contributed by atoms with Crippen LogP contribution in [0.2, 0.25) is 0 Å². The monoisotopic (exact) mass is 346 g/mol. The van der Waals surface area contributed by atoms with E-state index in [4.69, 9.17) is 0 Å². The first-order valence-electron chi connectivity index (χ1n) is 9.08. The number of hydrogen-bond donors (Lipinski definition) is 2. The molecule has 0 unspecified atom stereocenters. The number of nitrogens with one attached hydrogen (secondary N) is 2. The Labute approximate surface area is 155 Å². The van der Waals surface area contributed by atoms with E-state index in [-0.39, 0.29) is 0 Å². The Hall–Kier alpha value is -2.88. The first kappa shape index (κ1) is 17.9. The van der Waals surface area contributed by atoms with Gasteiger partial charge < -0.3 is 10.6 Å². The molecule has 0 aliphatic heterocycles. The summed E-state index contributed by atoms with van der Waals surface area (Å²) < 4.78 is 0. The molecule has 1 heterocycles. The molecule has 0 saturated heterocycles. The Morgan fingerprint density at radius 1 is 0.846 bits per heavy atom. The number of nitrogens with zero attached hydrogens (tertiary/aromatic N) is 2. The van der Waals surface area contributed by atoms with Gasteiger partial charge in [0.05, 0.1) is 0 Å². The molecule has 0 amide bonds. The molecule has 3 rings (SSSR count). The van der Waals surface area contributed by atoms with E-state index in [2.05, 4.69) is 76.9 Å². The zero-order valence-corrected chi connectivity index (χ0v) is 15.7. The van der Waals surface area contributed by atoms with E-state index in [1.54, 1.807) is 0 Å². The van der Waals surface area contributed by atoms with E-state index in [1.165, 1.54) is 16.7 Å². The fraction of sp³-hybridized carbons (Fsp3) is 0.273. The molecule has 4 nitrogen and oxygen atoms in total. The summed E-state index contributed by atoms with van der Waals surface area (Å²) in [5, 5.41) is 6.72. The fourth-order valence-electron chi connectivity index (χ4n) is 2.82. The van der Waals surface area contributed by atoms with E-state index >= 15 is 0 Å². The zero-order valence-electron chi connectivity index (χ0n) is 15.7. The van der Waals surface area contributed by atoms with Crippen LogP contribution in [0.3, 0.4) is 0 Å². The lowest BCUT2D eigenvalue weighted by atomic mass is 10.1. The number of aryl methyl sites for hydroxylation is 4. The summed E-state index contributed by atoms with van der Waals surface area (Å²) in [7, 11) is 0. The van der Waals surface area contributed by atoms with Crippen LogP contribution in [0.25, 0.3) is 0 Å². The summed E-state index contributed by atoms with van der Waals surface area (Å²) in [5.74, 6) is 1.48. The highest BCUT2D eigenvalue weighted by Crippen LogP contribution is 2.19. The van der Waals surface area contributed by atoms with Gasteiger partial charge in [-0.3, -0.25) is 0 Å². The minimum Gasteiger partial charge on any atom is -0.354 e. The van der Waals surface area contributed by atoms with Gasteiger partial charge in [0.25, 0.3) is 0 Å². The molecule has 0 fully saturated rings. The molecule has 0 atom stereocenters. The third-order valence-electron chi connectivity index (χ3n) is 4.40. The Balaban J connectivity index is 1.59. The largest absolute Gasteiger partial charge is 0.354 e. The average Bonchev–Trinajstić information content (AvgIpc) is 2.62. The van der Waals surface area contributed by atoms with Crippen molar-refractivity contribution < 1.29 is 0 Å². The van der Waals surface area contributed by atoms with Gasteiger partial charge in [-0.1, -0.05) is 36.4 Å². The van der Waals surface area contributed by atoms with Crippen LogP contribution in [0.15, 0.2) is 54.6 Å². The number of rotatable bonds is 7. The quantitative estimate of drug-likeness (QED) is 0.578. The molecule has 0 spiro atoms. The molecular formula is C22H26N4.